The number of ether oxygens (including phenoxy) is 2. The van der Waals surface area contributed by atoms with Gasteiger partial charge in [0.1, 0.15) is 23.1 Å². The Labute approximate surface area is 213 Å². The fourth-order valence-corrected chi connectivity index (χ4v) is 4.76. The molecule has 0 unspecified atom stereocenters. The molecule has 4 rings (SSSR count). The number of carbonyl (C=O) groups excluding carboxylic acids is 2. The highest BCUT2D eigenvalue weighted by Gasteiger charge is 2.29. The summed E-state index contributed by atoms with van der Waals surface area (Å²) in [5.74, 6) is -0.0311. The number of urea groups is 1. The minimum absolute atomic E-state index is 0.0654. The molecule has 0 spiro atoms. The van der Waals surface area contributed by atoms with Crippen molar-refractivity contribution >= 4 is 29.0 Å². The normalized spacial score (nSPS) is 17.2. The number of benzene rings is 2. The fourth-order valence-electron chi connectivity index (χ4n) is 4.08. The Bertz CT molecular complexity index is 1190. The number of aromatic nitrogens is 1. The van der Waals surface area contributed by atoms with Gasteiger partial charge in [0.2, 0.25) is 0 Å². The van der Waals surface area contributed by atoms with Crippen molar-refractivity contribution in [1.82, 2.24) is 15.6 Å². The molecule has 3 aromatic rings. The van der Waals surface area contributed by atoms with Crippen molar-refractivity contribution in [3.05, 3.63) is 70.4 Å². The molecule has 1 fully saturated rings. The molecule has 1 aliphatic rings. The number of para-hydroxylation sites is 3. The number of hydrogen-bond acceptors (Lipinski definition) is 6. The van der Waals surface area contributed by atoms with Gasteiger partial charge in [0, 0.05) is 11.4 Å². The van der Waals surface area contributed by atoms with E-state index in [0.29, 0.717) is 23.1 Å². The van der Waals surface area contributed by atoms with E-state index in [-0.39, 0.29) is 42.1 Å². The van der Waals surface area contributed by atoms with E-state index in [0.717, 1.165) is 25.7 Å². The molecule has 2 atom stereocenters. The van der Waals surface area contributed by atoms with E-state index in [1.165, 1.54) is 17.4 Å². The molecule has 0 bridgehead atoms. The summed E-state index contributed by atoms with van der Waals surface area (Å²) < 4.78 is 24.8. The van der Waals surface area contributed by atoms with Gasteiger partial charge in [-0.3, -0.25) is 4.79 Å². The van der Waals surface area contributed by atoms with Crippen LogP contribution in [0.4, 0.5) is 14.9 Å². The number of halogens is 1. The molecule has 10 heteroatoms. The van der Waals surface area contributed by atoms with Crippen LogP contribution in [-0.2, 0) is 6.61 Å². The highest BCUT2D eigenvalue weighted by Crippen LogP contribution is 2.25. The van der Waals surface area contributed by atoms with Gasteiger partial charge in [-0.25, -0.2) is 14.2 Å². The Morgan fingerprint density at radius 1 is 1.00 bits per heavy atom. The number of carbonyl (C=O) groups is 2. The third kappa shape index (κ3) is 6.72. The maximum Gasteiger partial charge on any atom is 0.319 e. The molecule has 8 nitrogen and oxygen atoms in total. The quantitative estimate of drug-likeness (QED) is 0.369. The number of hydrogen-bond donors (Lipinski definition) is 3. The maximum atomic E-state index is 13.7. The SMILES string of the molecule is CCOc1ccccc1NC(=O)N[C@H]1CCCC[C@H]1NC(=O)c1csc(COc2ccccc2F)n1. The predicted molar refractivity (Wildman–Crippen MR) is 136 cm³/mol. The molecule has 1 aromatic heterocycles. The van der Waals surface area contributed by atoms with Gasteiger partial charge in [0.05, 0.1) is 18.3 Å². The van der Waals surface area contributed by atoms with Crippen LogP contribution in [0.2, 0.25) is 0 Å². The first-order chi connectivity index (χ1) is 17.5. The van der Waals surface area contributed by atoms with E-state index < -0.39 is 5.82 Å². The van der Waals surface area contributed by atoms with E-state index in [1.54, 1.807) is 35.7 Å². The Morgan fingerprint density at radius 2 is 1.69 bits per heavy atom. The van der Waals surface area contributed by atoms with Gasteiger partial charge >= 0.3 is 6.03 Å². The van der Waals surface area contributed by atoms with Gasteiger partial charge in [0.15, 0.2) is 11.6 Å². The molecule has 1 heterocycles. The average Bonchev–Trinajstić information content (AvgIpc) is 3.35. The summed E-state index contributed by atoms with van der Waals surface area (Å²) in [6, 6.07) is 12.6. The molecule has 0 saturated heterocycles. The highest BCUT2D eigenvalue weighted by atomic mass is 32.1. The zero-order chi connectivity index (χ0) is 25.3. The summed E-state index contributed by atoms with van der Waals surface area (Å²) in [6.07, 6.45) is 3.42. The Balaban J connectivity index is 1.32. The molecular weight excluding hydrogens is 483 g/mol. The van der Waals surface area contributed by atoms with Crippen LogP contribution in [0.1, 0.15) is 48.1 Å². The van der Waals surface area contributed by atoms with E-state index >= 15 is 0 Å². The number of rotatable bonds is 9. The van der Waals surface area contributed by atoms with Gasteiger partial charge in [-0.15, -0.1) is 11.3 Å². The Morgan fingerprint density at radius 3 is 2.44 bits per heavy atom. The van der Waals surface area contributed by atoms with Gasteiger partial charge in [-0.1, -0.05) is 37.1 Å². The standard InChI is InChI=1S/C26H29FN4O4S/c1-2-34-23-14-8-6-12-20(23)31-26(33)30-19-11-5-4-10-18(19)29-25(32)21-16-36-24(28-21)15-35-22-13-7-3-9-17(22)27/h3,6-9,12-14,16,18-19H,2,4-5,10-11,15H2,1H3,(H,29,32)(H2,30,31,33)/t18-,19+/m1/s1. The zero-order valence-electron chi connectivity index (χ0n) is 20.0. The lowest BCUT2D eigenvalue weighted by molar-refractivity contribution is 0.0911. The Kier molecular flexibility index (Phi) is 8.72. The van der Waals surface area contributed by atoms with Crippen LogP contribution < -0.4 is 25.4 Å². The molecule has 1 aliphatic carbocycles. The van der Waals surface area contributed by atoms with Crippen LogP contribution in [0.15, 0.2) is 53.9 Å². The first-order valence-electron chi connectivity index (χ1n) is 12.0. The lowest BCUT2D eigenvalue weighted by Gasteiger charge is -2.32. The van der Waals surface area contributed by atoms with Gasteiger partial charge in [-0.05, 0) is 44.0 Å². The summed E-state index contributed by atoms with van der Waals surface area (Å²) in [4.78, 5) is 29.9. The molecule has 0 aliphatic heterocycles. The minimum Gasteiger partial charge on any atom is -0.492 e. The third-order valence-corrected chi connectivity index (χ3v) is 6.63. The smallest absolute Gasteiger partial charge is 0.319 e. The zero-order valence-corrected chi connectivity index (χ0v) is 20.8. The lowest BCUT2D eigenvalue weighted by atomic mass is 9.90. The first kappa shape index (κ1) is 25.4. The number of amides is 3. The monoisotopic (exact) mass is 512 g/mol. The predicted octanol–water partition coefficient (Wildman–Crippen LogP) is 5.12. The van der Waals surface area contributed by atoms with Crippen LogP contribution >= 0.6 is 11.3 Å². The molecule has 0 radical (unpaired) electrons. The fraction of sp³-hybridized carbons (Fsp3) is 0.346. The third-order valence-electron chi connectivity index (χ3n) is 5.81. The second kappa shape index (κ2) is 12.3. The van der Waals surface area contributed by atoms with Crippen molar-refractivity contribution in [1.29, 1.82) is 0 Å². The molecular formula is C26H29FN4O4S. The molecule has 36 heavy (non-hydrogen) atoms. The minimum atomic E-state index is -0.451. The van der Waals surface area contributed by atoms with Gasteiger partial charge in [0.25, 0.3) is 5.91 Å². The lowest BCUT2D eigenvalue weighted by Crippen LogP contribution is -2.54. The maximum absolute atomic E-state index is 13.7. The van der Waals surface area contributed by atoms with E-state index in [4.69, 9.17) is 9.47 Å². The van der Waals surface area contributed by atoms with Crippen LogP contribution in [0.5, 0.6) is 11.5 Å². The van der Waals surface area contributed by atoms with Crippen molar-refractivity contribution < 1.29 is 23.5 Å². The van der Waals surface area contributed by atoms with Gasteiger partial charge in [-0.2, -0.15) is 0 Å². The van der Waals surface area contributed by atoms with Crippen molar-refractivity contribution in [2.75, 3.05) is 11.9 Å². The number of nitrogens with one attached hydrogen (secondary N) is 3. The van der Waals surface area contributed by atoms with E-state index in [1.807, 2.05) is 19.1 Å². The number of anilines is 1. The van der Waals surface area contributed by atoms with Crippen LogP contribution in [0.3, 0.4) is 0 Å². The van der Waals surface area contributed by atoms with Crippen molar-refractivity contribution in [2.24, 2.45) is 0 Å². The molecule has 3 amide bonds. The Hall–Kier alpha value is -3.66. The highest BCUT2D eigenvalue weighted by molar-refractivity contribution is 7.09. The topological polar surface area (TPSA) is 102 Å². The molecule has 190 valence electrons. The van der Waals surface area contributed by atoms with Crippen LogP contribution in [0.25, 0.3) is 0 Å². The van der Waals surface area contributed by atoms with Gasteiger partial charge < -0.3 is 25.4 Å². The largest absolute Gasteiger partial charge is 0.492 e. The molecule has 3 N–H and O–H groups in total. The summed E-state index contributed by atoms with van der Waals surface area (Å²) in [5.41, 5.74) is 0.854. The van der Waals surface area contributed by atoms with Crippen molar-refractivity contribution in [2.45, 2.75) is 51.3 Å². The van der Waals surface area contributed by atoms with E-state index in [9.17, 15) is 14.0 Å². The summed E-state index contributed by atoms with van der Waals surface area (Å²) in [7, 11) is 0. The van der Waals surface area contributed by atoms with E-state index in [2.05, 4.69) is 20.9 Å². The summed E-state index contributed by atoms with van der Waals surface area (Å²) in [6.45, 7) is 2.44. The van der Waals surface area contributed by atoms with Crippen molar-refractivity contribution in [3.8, 4) is 11.5 Å². The second-order valence-electron chi connectivity index (χ2n) is 8.34. The first-order valence-corrected chi connectivity index (χ1v) is 12.8. The van der Waals surface area contributed by atoms with Crippen LogP contribution in [0, 0.1) is 5.82 Å². The average molecular weight is 513 g/mol. The number of thiazole rings is 1. The summed E-state index contributed by atoms with van der Waals surface area (Å²) in [5, 5.41) is 11.1. The van der Waals surface area contributed by atoms with Crippen LogP contribution in [-0.4, -0.2) is 35.6 Å². The second-order valence-corrected chi connectivity index (χ2v) is 9.29. The molecule has 2 aromatic carbocycles. The molecule has 1 saturated carbocycles. The van der Waals surface area contributed by atoms with Crippen molar-refractivity contribution in [3.63, 3.8) is 0 Å². The number of nitrogens with zero attached hydrogens (tertiary/aromatic N) is 1. The summed E-state index contributed by atoms with van der Waals surface area (Å²) >= 11 is 1.27.